The number of aromatic amines is 1. The molecule has 1 saturated heterocycles. The van der Waals surface area contributed by atoms with Crippen molar-refractivity contribution in [2.75, 3.05) is 0 Å². The quantitative estimate of drug-likeness (QED) is 0.204. The van der Waals surface area contributed by atoms with Crippen LogP contribution in [0.3, 0.4) is 0 Å². The van der Waals surface area contributed by atoms with Crippen LogP contribution in [0.25, 0.3) is 16.5 Å². The number of nitrogens with one attached hydrogen (secondary N) is 1. The Hall–Kier alpha value is -2.49. The van der Waals surface area contributed by atoms with E-state index in [1.807, 2.05) is 0 Å². The van der Waals surface area contributed by atoms with Gasteiger partial charge in [-0.3, -0.25) is 4.79 Å². The summed E-state index contributed by atoms with van der Waals surface area (Å²) in [5, 5.41) is 46.4. The summed E-state index contributed by atoms with van der Waals surface area (Å²) in [5.74, 6) is -3.09. The summed E-state index contributed by atoms with van der Waals surface area (Å²) in [5.41, 5.74) is 7.58. The van der Waals surface area contributed by atoms with E-state index >= 15 is 0 Å². The summed E-state index contributed by atoms with van der Waals surface area (Å²) in [6.45, 7) is 21.2. The second-order valence-electron chi connectivity index (χ2n) is 19.4. The summed E-state index contributed by atoms with van der Waals surface area (Å²) in [7, 11) is 0. The van der Waals surface area contributed by atoms with Crippen molar-refractivity contribution in [2.45, 2.75) is 155 Å². The van der Waals surface area contributed by atoms with E-state index in [0.29, 0.717) is 18.8 Å². The Balaban J connectivity index is 1.27. The lowest BCUT2D eigenvalue weighted by Gasteiger charge is -2.65. The zero-order valence-corrected chi connectivity index (χ0v) is 32.2. The van der Waals surface area contributed by atoms with E-state index in [9.17, 15) is 25.2 Å². The number of aliphatic hydroxyl groups excluding tert-OH is 2. The number of H-pyrrole nitrogens is 1. The third-order valence-electron chi connectivity index (χ3n) is 15.5. The Labute approximate surface area is 302 Å². The number of allylic oxidation sites excluding steroid dienone is 2. The lowest BCUT2D eigenvalue weighted by molar-refractivity contribution is -0.301. The van der Waals surface area contributed by atoms with Gasteiger partial charge in [-0.15, -0.1) is 0 Å². The monoisotopic (exact) mass is 701 g/mol. The number of hydrogen-bond acceptors (Lipinski definition) is 6. The van der Waals surface area contributed by atoms with Crippen molar-refractivity contribution >= 4 is 22.4 Å². The summed E-state index contributed by atoms with van der Waals surface area (Å²) >= 11 is 0. The zero-order valence-electron chi connectivity index (χ0n) is 32.2. The highest BCUT2D eigenvalue weighted by molar-refractivity contribution is 5.96. The van der Waals surface area contributed by atoms with Crippen LogP contribution in [0.5, 0.6) is 0 Å². The van der Waals surface area contributed by atoms with Crippen LogP contribution < -0.4 is 0 Å². The number of carboxylic acid groups (broad SMARTS) is 1. The molecular formula is C43H59NO7. The first-order valence-electron chi connectivity index (χ1n) is 19.4. The molecule has 1 unspecified atom stereocenters. The van der Waals surface area contributed by atoms with Gasteiger partial charge in [0, 0.05) is 39.8 Å². The van der Waals surface area contributed by atoms with Crippen LogP contribution in [-0.4, -0.2) is 60.6 Å². The lowest BCUT2D eigenvalue weighted by Crippen LogP contribution is -2.65. The fraction of sp³-hybridized carbons (Fsp3) is 0.698. The highest BCUT2D eigenvalue weighted by Crippen LogP contribution is 2.74. The van der Waals surface area contributed by atoms with Gasteiger partial charge in [-0.2, -0.15) is 0 Å². The number of fused-ring (bicyclic) bond motifs is 12. The summed E-state index contributed by atoms with van der Waals surface area (Å²) in [6.07, 6.45) is 7.21. The average molecular weight is 702 g/mol. The molecule has 0 amide bonds. The lowest BCUT2D eigenvalue weighted by atomic mass is 9.40. The first-order chi connectivity index (χ1) is 23.6. The second-order valence-corrected chi connectivity index (χ2v) is 19.4. The Kier molecular flexibility index (Phi) is 7.53. The molecule has 51 heavy (non-hydrogen) atoms. The van der Waals surface area contributed by atoms with Crippen LogP contribution in [0.4, 0.5) is 0 Å². The smallest absolute Gasteiger partial charge is 0.308 e. The van der Waals surface area contributed by atoms with Crippen molar-refractivity contribution in [3.63, 3.8) is 0 Å². The standard InChI is InChI=1S/C43H59NO7/c1-21(2)11-13-24-31-25(28-19-38(4,5)51-39(6,7)32(28)35(31)46)18-26-27-17-23-12-14-30-40(8,42(23,10)36(27)44-33(24)26)15-16-43(49)41(30,9)20-29(50-43)34(45)22(3)37(47)48/h11,18-19,22-23,29-30,32,34-35,44-46,49H,12-17,20H2,1-10H3,(H,47,48)/t22-,23?,29-,30+,32+,34+,35+,40-,41-,42+,43-/m0/s1. The van der Waals surface area contributed by atoms with Crippen LogP contribution in [0.1, 0.15) is 135 Å². The van der Waals surface area contributed by atoms with Crippen LogP contribution in [0.15, 0.2) is 23.8 Å². The van der Waals surface area contributed by atoms with Crippen LogP contribution in [-0.2, 0) is 32.5 Å². The molecule has 1 aromatic carbocycles. The maximum Gasteiger partial charge on any atom is 0.308 e. The van der Waals surface area contributed by atoms with Gasteiger partial charge >= 0.3 is 5.97 Å². The Morgan fingerprint density at radius 3 is 2.45 bits per heavy atom. The van der Waals surface area contributed by atoms with E-state index in [1.165, 1.54) is 40.3 Å². The zero-order chi connectivity index (χ0) is 37.0. The summed E-state index contributed by atoms with van der Waals surface area (Å²) in [6, 6.07) is 2.38. The molecule has 0 spiro atoms. The van der Waals surface area contributed by atoms with Crippen molar-refractivity contribution in [3.8, 4) is 0 Å². The fourth-order valence-corrected chi connectivity index (χ4v) is 12.9. The topological polar surface area (TPSA) is 132 Å². The molecule has 5 N–H and O–H groups in total. The van der Waals surface area contributed by atoms with Gasteiger partial charge < -0.3 is 34.9 Å². The highest BCUT2D eigenvalue weighted by Gasteiger charge is 2.73. The van der Waals surface area contributed by atoms with Gasteiger partial charge in [-0.1, -0.05) is 32.4 Å². The van der Waals surface area contributed by atoms with Gasteiger partial charge in [0.05, 0.1) is 35.4 Å². The van der Waals surface area contributed by atoms with E-state index in [2.05, 4.69) is 85.5 Å². The van der Waals surface area contributed by atoms with Crippen molar-refractivity contribution in [1.82, 2.24) is 4.98 Å². The maximum atomic E-state index is 12.2. The number of carbonyl (C=O) groups is 1. The molecule has 8 nitrogen and oxygen atoms in total. The Morgan fingerprint density at radius 2 is 1.78 bits per heavy atom. The van der Waals surface area contributed by atoms with E-state index in [4.69, 9.17) is 9.47 Å². The third-order valence-corrected chi connectivity index (χ3v) is 15.5. The molecule has 2 aromatic rings. The van der Waals surface area contributed by atoms with Crippen LogP contribution >= 0.6 is 0 Å². The molecule has 0 bridgehead atoms. The largest absolute Gasteiger partial charge is 0.481 e. The molecule has 2 aliphatic heterocycles. The third kappa shape index (κ3) is 4.52. The second kappa shape index (κ2) is 10.8. The first-order valence-corrected chi connectivity index (χ1v) is 19.4. The van der Waals surface area contributed by atoms with Crippen molar-refractivity contribution in [1.29, 1.82) is 0 Å². The number of rotatable bonds is 5. The Bertz CT molecular complexity index is 1900. The number of aromatic nitrogens is 1. The molecule has 3 heterocycles. The van der Waals surface area contributed by atoms with E-state index in [1.54, 1.807) is 0 Å². The molecular weight excluding hydrogens is 642 g/mol. The molecule has 11 atom stereocenters. The van der Waals surface area contributed by atoms with Crippen molar-refractivity contribution in [2.24, 2.45) is 34.5 Å². The van der Waals surface area contributed by atoms with E-state index in [-0.39, 0.29) is 22.7 Å². The molecule has 4 aliphatic carbocycles. The van der Waals surface area contributed by atoms with Gasteiger partial charge in [0.2, 0.25) is 0 Å². The molecule has 2 saturated carbocycles. The minimum atomic E-state index is -1.42. The van der Waals surface area contributed by atoms with Crippen LogP contribution in [0, 0.1) is 34.5 Å². The molecule has 8 heteroatoms. The SMILES string of the molecule is CC(C)=CCc1c2c(cc3c4c([nH]c13)[C@@]1(C)C(CC[C@@H]3[C@]1(C)CC[C@]1(O)O[C@H]([C@H](O)[C@H](C)C(=O)O)C[C@@]31C)C4)C1=CC(C)(C)OC(C)(C)[C@H]1[C@@H]2O. The predicted octanol–water partition coefficient (Wildman–Crippen LogP) is 7.52. The van der Waals surface area contributed by atoms with Gasteiger partial charge in [0.1, 0.15) is 0 Å². The van der Waals surface area contributed by atoms with Gasteiger partial charge in [0.25, 0.3) is 0 Å². The van der Waals surface area contributed by atoms with Gasteiger partial charge in [0.15, 0.2) is 5.79 Å². The fourth-order valence-electron chi connectivity index (χ4n) is 12.9. The number of aliphatic carboxylic acids is 1. The molecule has 1 aromatic heterocycles. The summed E-state index contributed by atoms with van der Waals surface area (Å²) in [4.78, 5) is 15.9. The van der Waals surface area contributed by atoms with Gasteiger partial charge in [-0.05, 0) is 144 Å². The van der Waals surface area contributed by atoms with Crippen LogP contribution in [0.2, 0.25) is 0 Å². The predicted molar refractivity (Wildman–Crippen MR) is 197 cm³/mol. The highest BCUT2D eigenvalue weighted by atomic mass is 16.6. The summed E-state index contributed by atoms with van der Waals surface area (Å²) < 4.78 is 12.9. The number of benzene rings is 1. The van der Waals surface area contributed by atoms with E-state index in [0.717, 1.165) is 48.7 Å². The van der Waals surface area contributed by atoms with Gasteiger partial charge in [-0.25, -0.2) is 0 Å². The molecule has 6 aliphatic rings. The molecule has 8 rings (SSSR count). The first kappa shape index (κ1) is 35.5. The van der Waals surface area contributed by atoms with E-state index < -0.39 is 52.6 Å². The average Bonchev–Trinajstić information content (AvgIpc) is 3.70. The van der Waals surface area contributed by atoms with Crippen molar-refractivity contribution < 1.29 is 34.7 Å². The molecule has 278 valence electrons. The minimum absolute atomic E-state index is 0.106. The Morgan fingerprint density at radius 1 is 1.08 bits per heavy atom. The minimum Gasteiger partial charge on any atom is -0.481 e. The normalized spacial score (nSPS) is 41.0. The number of hydrogen-bond donors (Lipinski definition) is 5. The molecule has 0 radical (unpaired) electrons. The molecule has 3 fully saturated rings. The number of carboxylic acids is 1. The number of ether oxygens (including phenoxy) is 2. The maximum absolute atomic E-state index is 12.2. The number of aliphatic hydroxyl groups is 3. The van der Waals surface area contributed by atoms with Crippen molar-refractivity contribution in [3.05, 3.63) is 51.7 Å².